The minimum absolute atomic E-state index is 0.126. The number of amides is 1. The number of halogens is 1. The van der Waals surface area contributed by atoms with Crippen LogP contribution in [0.25, 0.3) is 0 Å². The van der Waals surface area contributed by atoms with Gasteiger partial charge in [-0.1, -0.05) is 26.0 Å². The highest BCUT2D eigenvalue weighted by atomic mass is 19.1. The van der Waals surface area contributed by atoms with Crippen LogP contribution in [0.5, 0.6) is 0 Å². The average molecular weight is 238 g/mol. The van der Waals surface area contributed by atoms with Crippen molar-refractivity contribution >= 4 is 5.91 Å². The molecule has 1 amide bonds. The Morgan fingerprint density at radius 1 is 1.35 bits per heavy atom. The van der Waals surface area contributed by atoms with E-state index in [0.717, 1.165) is 5.56 Å². The molecule has 0 saturated heterocycles. The molecule has 1 rings (SSSR count). The Kier molecular flexibility index (Phi) is 5.10. The third-order valence-corrected chi connectivity index (χ3v) is 2.65. The van der Waals surface area contributed by atoms with Gasteiger partial charge in [-0.25, -0.2) is 4.39 Å². The van der Waals surface area contributed by atoms with Crippen molar-refractivity contribution in [2.45, 2.75) is 26.3 Å². The molecule has 1 aromatic rings. The second-order valence-electron chi connectivity index (χ2n) is 4.44. The van der Waals surface area contributed by atoms with Gasteiger partial charge in [-0.05, 0) is 30.0 Å². The zero-order valence-electron chi connectivity index (χ0n) is 10.2. The van der Waals surface area contributed by atoms with E-state index in [-0.39, 0.29) is 17.6 Å². The van der Waals surface area contributed by atoms with Crippen molar-refractivity contribution in [3.8, 4) is 0 Å². The fourth-order valence-electron chi connectivity index (χ4n) is 1.40. The molecule has 0 aliphatic rings. The van der Waals surface area contributed by atoms with Crippen molar-refractivity contribution in [2.24, 2.45) is 11.7 Å². The van der Waals surface area contributed by atoms with Crippen LogP contribution in [0.3, 0.4) is 0 Å². The molecule has 0 radical (unpaired) electrons. The maximum Gasteiger partial charge on any atom is 0.237 e. The van der Waals surface area contributed by atoms with E-state index < -0.39 is 6.04 Å². The summed E-state index contributed by atoms with van der Waals surface area (Å²) in [4.78, 5) is 11.5. The lowest BCUT2D eigenvalue weighted by Gasteiger charge is -2.15. The molecular formula is C13H19FN2O. The first kappa shape index (κ1) is 13.6. The second-order valence-corrected chi connectivity index (χ2v) is 4.44. The third-order valence-electron chi connectivity index (χ3n) is 2.65. The molecule has 0 heterocycles. The van der Waals surface area contributed by atoms with E-state index >= 15 is 0 Å². The van der Waals surface area contributed by atoms with Crippen LogP contribution in [-0.2, 0) is 11.2 Å². The number of benzene rings is 1. The molecule has 0 spiro atoms. The summed E-state index contributed by atoms with van der Waals surface area (Å²) in [6.45, 7) is 4.33. The van der Waals surface area contributed by atoms with Crippen molar-refractivity contribution < 1.29 is 9.18 Å². The highest BCUT2D eigenvalue weighted by Gasteiger charge is 2.16. The van der Waals surface area contributed by atoms with Crippen LogP contribution >= 0.6 is 0 Å². The lowest BCUT2D eigenvalue weighted by molar-refractivity contribution is -0.123. The van der Waals surface area contributed by atoms with E-state index in [9.17, 15) is 9.18 Å². The number of carbonyl (C=O) groups excluding carboxylic acids is 1. The summed E-state index contributed by atoms with van der Waals surface area (Å²) in [5.74, 6) is -0.262. The van der Waals surface area contributed by atoms with E-state index in [1.54, 1.807) is 12.1 Å². The number of rotatable bonds is 5. The molecule has 0 aliphatic heterocycles. The van der Waals surface area contributed by atoms with E-state index in [0.29, 0.717) is 13.0 Å². The van der Waals surface area contributed by atoms with Crippen LogP contribution < -0.4 is 11.1 Å². The monoisotopic (exact) mass is 238 g/mol. The van der Waals surface area contributed by atoms with Gasteiger partial charge >= 0.3 is 0 Å². The summed E-state index contributed by atoms with van der Waals surface area (Å²) in [5, 5.41) is 2.77. The highest BCUT2D eigenvalue weighted by molar-refractivity contribution is 5.81. The van der Waals surface area contributed by atoms with Crippen LogP contribution in [0.15, 0.2) is 24.3 Å². The highest BCUT2D eigenvalue weighted by Crippen LogP contribution is 2.03. The SMILES string of the molecule is CC(C)[C@H](N)C(=O)NCCc1ccc(F)cc1. The first-order chi connectivity index (χ1) is 8.00. The Hall–Kier alpha value is -1.42. The van der Waals surface area contributed by atoms with Crippen molar-refractivity contribution in [3.63, 3.8) is 0 Å². The number of hydrogen-bond acceptors (Lipinski definition) is 2. The van der Waals surface area contributed by atoms with Gasteiger partial charge in [0.25, 0.3) is 0 Å². The van der Waals surface area contributed by atoms with E-state index in [1.807, 2.05) is 13.8 Å². The summed E-state index contributed by atoms with van der Waals surface area (Å²) in [6, 6.07) is 5.78. The summed E-state index contributed by atoms with van der Waals surface area (Å²) >= 11 is 0. The number of nitrogens with two attached hydrogens (primary N) is 1. The first-order valence-electron chi connectivity index (χ1n) is 5.78. The molecule has 0 fully saturated rings. The fraction of sp³-hybridized carbons (Fsp3) is 0.462. The van der Waals surface area contributed by atoms with Gasteiger partial charge in [0.15, 0.2) is 0 Å². The van der Waals surface area contributed by atoms with Gasteiger partial charge in [-0.2, -0.15) is 0 Å². The van der Waals surface area contributed by atoms with Gasteiger partial charge in [-0.3, -0.25) is 4.79 Å². The van der Waals surface area contributed by atoms with Gasteiger partial charge in [0.1, 0.15) is 5.82 Å². The smallest absolute Gasteiger partial charge is 0.237 e. The lowest BCUT2D eigenvalue weighted by atomic mass is 10.0. The molecule has 3 nitrogen and oxygen atoms in total. The maximum absolute atomic E-state index is 12.6. The average Bonchev–Trinajstić information content (AvgIpc) is 2.30. The molecule has 1 aromatic carbocycles. The Morgan fingerprint density at radius 3 is 2.47 bits per heavy atom. The molecule has 17 heavy (non-hydrogen) atoms. The standard InChI is InChI=1S/C13H19FN2O/c1-9(2)12(15)13(17)16-8-7-10-3-5-11(14)6-4-10/h3-6,9,12H,7-8,15H2,1-2H3,(H,16,17)/t12-/m0/s1. The molecule has 94 valence electrons. The number of carbonyl (C=O) groups is 1. The first-order valence-corrected chi connectivity index (χ1v) is 5.78. The lowest BCUT2D eigenvalue weighted by Crippen LogP contribution is -2.44. The minimum atomic E-state index is -0.469. The molecule has 4 heteroatoms. The van der Waals surface area contributed by atoms with E-state index in [1.165, 1.54) is 12.1 Å². The Bertz CT molecular complexity index is 362. The maximum atomic E-state index is 12.6. The van der Waals surface area contributed by atoms with Gasteiger partial charge in [-0.15, -0.1) is 0 Å². The Labute approximate surface area is 101 Å². The topological polar surface area (TPSA) is 55.1 Å². The molecule has 0 unspecified atom stereocenters. The predicted octanol–water partition coefficient (Wildman–Crippen LogP) is 1.47. The van der Waals surface area contributed by atoms with Crippen molar-refractivity contribution in [1.82, 2.24) is 5.32 Å². The number of nitrogens with one attached hydrogen (secondary N) is 1. The van der Waals surface area contributed by atoms with Crippen LogP contribution in [0, 0.1) is 11.7 Å². The summed E-state index contributed by atoms with van der Waals surface area (Å²) < 4.78 is 12.6. The zero-order valence-corrected chi connectivity index (χ0v) is 10.2. The second kappa shape index (κ2) is 6.35. The van der Waals surface area contributed by atoms with Crippen molar-refractivity contribution in [3.05, 3.63) is 35.6 Å². The zero-order chi connectivity index (χ0) is 12.8. The normalized spacial score (nSPS) is 12.5. The van der Waals surface area contributed by atoms with Crippen LogP contribution in [0.2, 0.25) is 0 Å². The van der Waals surface area contributed by atoms with Crippen LogP contribution in [0.1, 0.15) is 19.4 Å². The summed E-state index contributed by atoms with van der Waals surface area (Å²) in [5.41, 5.74) is 6.69. The molecule has 0 saturated carbocycles. The minimum Gasteiger partial charge on any atom is -0.354 e. The van der Waals surface area contributed by atoms with Crippen LogP contribution in [0.4, 0.5) is 4.39 Å². The Balaban J connectivity index is 2.33. The molecular weight excluding hydrogens is 219 g/mol. The molecule has 1 atom stereocenters. The number of hydrogen-bond donors (Lipinski definition) is 2. The van der Waals surface area contributed by atoms with Gasteiger partial charge in [0, 0.05) is 6.54 Å². The third kappa shape index (κ3) is 4.53. The molecule has 0 bridgehead atoms. The molecule has 0 aliphatic carbocycles. The van der Waals surface area contributed by atoms with Crippen molar-refractivity contribution in [1.29, 1.82) is 0 Å². The van der Waals surface area contributed by atoms with Gasteiger partial charge in [0.2, 0.25) is 5.91 Å². The fourth-order valence-corrected chi connectivity index (χ4v) is 1.40. The molecule has 3 N–H and O–H groups in total. The van der Waals surface area contributed by atoms with Crippen LogP contribution in [-0.4, -0.2) is 18.5 Å². The van der Waals surface area contributed by atoms with Crippen molar-refractivity contribution in [2.75, 3.05) is 6.54 Å². The quantitative estimate of drug-likeness (QED) is 0.816. The Morgan fingerprint density at radius 2 is 1.94 bits per heavy atom. The largest absolute Gasteiger partial charge is 0.354 e. The summed E-state index contributed by atoms with van der Waals surface area (Å²) in [7, 11) is 0. The summed E-state index contributed by atoms with van der Waals surface area (Å²) in [6.07, 6.45) is 0.677. The van der Waals surface area contributed by atoms with Gasteiger partial charge < -0.3 is 11.1 Å². The van der Waals surface area contributed by atoms with E-state index in [4.69, 9.17) is 5.73 Å². The molecule has 0 aromatic heterocycles. The van der Waals surface area contributed by atoms with E-state index in [2.05, 4.69) is 5.32 Å². The predicted molar refractivity (Wildman–Crippen MR) is 65.9 cm³/mol. The van der Waals surface area contributed by atoms with Gasteiger partial charge in [0.05, 0.1) is 6.04 Å².